The summed E-state index contributed by atoms with van der Waals surface area (Å²) < 4.78 is 11.1. The summed E-state index contributed by atoms with van der Waals surface area (Å²) in [5.41, 5.74) is 8.05. The second-order valence-electron chi connectivity index (χ2n) is 6.06. The maximum atomic E-state index is 9.89. The highest BCUT2D eigenvalue weighted by molar-refractivity contribution is 5.90. The van der Waals surface area contributed by atoms with Crippen LogP contribution in [0.1, 0.15) is 17.0 Å². The summed E-state index contributed by atoms with van der Waals surface area (Å²) in [4.78, 5) is 0. The fraction of sp³-hybridized carbons (Fsp3) is 0.0952. The van der Waals surface area contributed by atoms with Crippen LogP contribution in [0.5, 0.6) is 17.2 Å². The lowest BCUT2D eigenvalue weighted by Gasteiger charge is -2.27. The first-order chi connectivity index (χ1) is 12.6. The minimum absolute atomic E-state index is 0.0394. The van der Waals surface area contributed by atoms with Crippen LogP contribution in [0, 0.1) is 11.3 Å². The highest BCUT2D eigenvalue weighted by Gasteiger charge is 2.32. The molecule has 0 unspecified atom stereocenters. The number of phenolic OH excluding ortho intramolecular Hbond substituents is 1. The Labute approximate surface area is 150 Å². The summed E-state index contributed by atoms with van der Waals surface area (Å²) in [6.45, 7) is 0. The van der Waals surface area contributed by atoms with Crippen molar-refractivity contribution in [2.45, 2.75) is 5.92 Å². The number of phenols is 1. The number of nitrogens with zero attached hydrogens (tertiary/aromatic N) is 1. The van der Waals surface area contributed by atoms with Crippen molar-refractivity contribution >= 4 is 10.8 Å². The van der Waals surface area contributed by atoms with Crippen LogP contribution in [0.2, 0.25) is 0 Å². The van der Waals surface area contributed by atoms with Gasteiger partial charge in [0.25, 0.3) is 0 Å². The predicted octanol–water partition coefficient (Wildman–Crippen LogP) is 3.77. The van der Waals surface area contributed by atoms with Gasteiger partial charge >= 0.3 is 0 Å². The van der Waals surface area contributed by atoms with Gasteiger partial charge in [0.05, 0.1) is 13.0 Å². The summed E-state index contributed by atoms with van der Waals surface area (Å²) in [5.74, 6) is 0.720. The van der Waals surface area contributed by atoms with Crippen LogP contribution in [0.3, 0.4) is 0 Å². The van der Waals surface area contributed by atoms with Gasteiger partial charge in [-0.2, -0.15) is 5.26 Å². The van der Waals surface area contributed by atoms with E-state index >= 15 is 0 Å². The third kappa shape index (κ3) is 2.32. The molecule has 128 valence electrons. The van der Waals surface area contributed by atoms with Gasteiger partial charge < -0.3 is 20.3 Å². The van der Waals surface area contributed by atoms with E-state index in [2.05, 4.69) is 6.07 Å². The van der Waals surface area contributed by atoms with Gasteiger partial charge in [-0.25, -0.2) is 0 Å². The van der Waals surface area contributed by atoms with E-state index in [1.165, 1.54) is 7.11 Å². The average molecular weight is 344 g/mol. The highest BCUT2D eigenvalue weighted by atomic mass is 16.5. The van der Waals surface area contributed by atoms with Crippen molar-refractivity contribution in [3.63, 3.8) is 0 Å². The third-order valence-corrected chi connectivity index (χ3v) is 4.64. The zero-order valence-corrected chi connectivity index (χ0v) is 14.1. The van der Waals surface area contributed by atoms with E-state index in [4.69, 9.17) is 15.2 Å². The van der Waals surface area contributed by atoms with Gasteiger partial charge in [-0.3, -0.25) is 0 Å². The molecule has 0 saturated heterocycles. The molecule has 1 aliphatic rings. The first-order valence-corrected chi connectivity index (χ1v) is 8.10. The van der Waals surface area contributed by atoms with Crippen molar-refractivity contribution in [1.29, 1.82) is 5.26 Å². The first kappa shape index (κ1) is 15.9. The molecule has 0 fully saturated rings. The molecule has 0 spiro atoms. The second-order valence-corrected chi connectivity index (χ2v) is 6.06. The Hall–Kier alpha value is -3.65. The van der Waals surface area contributed by atoms with E-state index in [1.807, 2.05) is 36.4 Å². The minimum atomic E-state index is -0.400. The maximum absolute atomic E-state index is 9.89. The number of hydrogen-bond donors (Lipinski definition) is 2. The van der Waals surface area contributed by atoms with E-state index in [9.17, 15) is 10.4 Å². The lowest BCUT2D eigenvalue weighted by Crippen LogP contribution is -2.21. The van der Waals surface area contributed by atoms with Crippen LogP contribution in [-0.2, 0) is 0 Å². The van der Waals surface area contributed by atoms with E-state index in [1.54, 1.807) is 18.2 Å². The quantitative estimate of drug-likeness (QED) is 0.739. The van der Waals surface area contributed by atoms with Crippen LogP contribution in [0.25, 0.3) is 10.8 Å². The average Bonchev–Trinajstić information content (AvgIpc) is 2.67. The Morgan fingerprint density at radius 1 is 1.15 bits per heavy atom. The number of nitriles is 1. The molecule has 4 rings (SSSR count). The fourth-order valence-corrected chi connectivity index (χ4v) is 3.40. The van der Waals surface area contributed by atoms with Crippen LogP contribution >= 0.6 is 0 Å². The Balaban J connectivity index is 1.99. The van der Waals surface area contributed by atoms with Crippen LogP contribution in [-0.4, -0.2) is 12.2 Å². The lowest BCUT2D eigenvalue weighted by atomic mass is 9.82. The number of methoxy groups -OCH3 is 1. The normalized spacial score (nSPS) is 15.9. The molecule has 1 aliphatic heterocycles. The molecule has 3 N–H and O–H groups in total. The molecular formula is C21H16N2O3. The largest absolute Gasteiger partial charge is 0.504 e. The van der Waals surface area contributed by atoms with Crippen LogP contribution < -0.4 is 15.2 Å². The third-order valence-electron chi connectivity index (χ3n) is 4.64. The highest BCUT2D eigenvalue weighted by Crippen LogP contribution is 2.46. The van der Waals surface area contributed by atoms with E-state index in [0.717, 1.165) is 21.9 Å². The molecule has 0 radical (unpaired) electrons. The van der Waals surface area contributed by atoms with Crippen molar-refractivity contribution < 1.29 is 14.6 Å². The molecule has 5 heteroatoms. The number of hydrogen-bond acceptors (Lipinski definition) is 5. The molecule has 3 aromatic rings. The Kier molecular flexibility index (Phi) is 3.67. The zero-order chi connectivity index (χ0) is 18.3. The van der Waals surface area contributed by atoms with Gasteiger partial charge in [0.1, 0.15) is 17.4 Å². The Bertz CT molecular complexity index is 1100. The fourth-order valence-electron chi connectivity index (χ4n) is 3.40. The number of benzene rings is 3. The molecular weight excluding hydrogens is 328 g/mol. The molecule has 0 bridgehead atoms. The van der Waals surface area contributed by atoms with E-state index < -0.39 is 5.92 Å². The van der Waals surface area contributed by atoms with Gasteiger partial charge in [-0.1, -0.05) is 42.5 Å². The Morgan fingerprint density at radius 3 is 2.73 bits per heavy atom. The smallest absolute Gasteiger partial charge is 0.205 e. The number of ether oxygens (including phenoxy) is 2. The monoisotopic (exact) mass is 344 g/mol. The summed E-state index contributed by atoms with van der Waals surface area (Å²) >= 11 is 0. The standard InChI is InChI=1S/C21H16N2O3/c1-25-18-10-13(7-9-17(18)24)19-15-8-6-12-4-2-3-5-14(12)20(15)26-21(23)16(19)11-22/h2-10,19,24H,23H2,1H3/t19-/m0/s1. The van der Waals surface area contributed by atoms with Crippen molar-refractivity contribution in [2.75, 3.05) is 7.11 Å². The molecule has 3 aromatic carbocycles. The minimum Gasteiger partial charge on any atom is -0.504 e. The van der Waals surface area contributed by atoms with Gasteiger partial charge in [0.2, 0.25) is 5.88 Å². The van der Waals surface area contributed by atoms with Crippen molar-refractivity contribution in [3.05, 3.63) is 77.2 Å². The lowest BCUT2D eigenvalue weighted by molar-refractivity contribution is 0.372. The van der Waals surface area contributed by atoms with Crippen molar-refractivity contribution in [3.8, 4) is 23.3 Å². The van der Waals surface area contributed by atoms with E-state index in [-0.39, 0.29) is 11.6 Å². The predicted molar refractivity (Wildman–Crippen MR) is 97.9 cm³/mol. The summed E-state index contributed by atoms with van der Waals surface area (Å²) in [6, 6.07) is 19.0. The summed E-state index contributed by atoms with van der Waals surface area (Å²) in [7, 11) is 1.49. The Morgan fingerprint density at radius 2 is 1.96 bits per heavy atom. The topological polar surface area (TPSA) is 88.5 Å². The first-order valence-electron chi connectivity index (χ1n) is 8.10. The molecule has 1 heterocycles. The number of aromatic hydroxyl groups is 1. The van der Waals surface area contributed by atoms with Crippen LogP contribution in [0.15, 0.2) is 66.1 Å². The molecule has 26 heavy (non-hydrogen) atoms. The van der Waals surface area contributed by atoms with Crippen molar-refractivity contribution in [1.82, 2.24) is 0 Å². The summed E-state index contributed by atoms with van der Waals surface area (Å²) in [5, 5.41) is 21.5. The summed E-state index contributed by atoms with van der Waals surface area (Å²) in [6.07, 6.45) is 0. The molecule has 0 aromatic heterocycles. The second kappa shape index (κ2) is 6.01. The number of fused-ring (bicyclic) bond motifs is 3. The molecule has 5 nitrogen and oxygen atoms in total. The molecule has 1 atom stereocenters. The van der Waals surface area contributed by atoms with Gasteiger partial charge in [0, 0.05) is 10.9 Å². The van der Waals surface area contributed by atoms with Crippen LogP contribution in [0.4, 0.5) is 0 Å². The molecule has 0 aliphatic carbocycles. The molecule has 0 amide bonds. The number of nitrogens with two attached hydrogens (primary N) is 1. The molecule has 0 saturated carbocycles. The van der Waals surface area contributed by atoms with Crippen molar-refractivity contribution in [2.24, 2.45) is 5.73 Å². The van der Waals surface area contributed by atoms with Gasteiger partial charge in [-0.15, -0.1) is 0 Å². The van der Waals surface area contributed by atoms with Gasteiger partial charge in [-0.05, 0) is 23.1 Å². The number of rotatable bonds is 2. The zero-order valence-electron chi connectivity index (χ0n) is 14.1. The number of allylic oxidation sites excluding steroid dienone is 1. The van der Waals surface area contributed by atoms with Gasteiger partial charge in [0.15, 0.2) is 11.5 Å². The van der Waals surface area contributed by atoms with E-state index in [0.29, 0.717) is 17.1 Å². The SMILES string of the molecule is COc1cc([C@@H]2C(C#N)=C(N)Oc3c2ccc2ccccc32)ccc1O. The maximum Gasteiger partial charge on any atom is 0.205 e.